The highest BCUT2D eigenvalue weighted by Gasteiger charge is 2.09. The molecule has 0 aliphatic carbocycles. The van der Waals surface area contributed by atoms with Gasteiger partial charge in [0.25, 0.3) is 0 Å². The van der Waals surface area contributed by atoms with Gasteiger partial charge in [0.2, 0.25) is 0 Å². The summed E-state index contributed by atoms with van der Waals surface area (Å²) in [7, 11) is 0.423. The van der Waals surface area contributed by atoms with Crippen molar-refractivity contribution in [3.05, 3.63) is 34.9 Å². The molecule has 0 spiro atoms. The second-order valence-electron chi connectivity index (χ2n) is 3.49. The Kier molecular flexibility index (Phi) is 5.98. The van der Waals surface area contributed by atoms with Crippen LogP contribution in [0.4, 0.5) is 0 Å². The molecule has 0 heterocycles. The van der Waals surface area contributed by atoms with Crippen LogP contribution in [0.2, 0.25) is 5.02 Å². The van der Waals surface area contributed by atoms with Gasteiger partial charge in [-0.25, -0.2) is 0 Å². The highest BCUT2D eigenvalue weighted by molar-refractivity contribution is 7.84. The fourth-order valence-corrected chi connectivity index (χ4v) is 2.61. The minimum absolute atomic E-state index is 0.215. The van der Waals surface area contributed by atoms with Crippen molar-refractivity contribution >= 4 is 22.4 Å². The van der Waals surface area contributed by atoms with E-state index in [2.05, 4.69) is 0 Å². The van der Waals surface area contributed by atoms with Gasteiger partial charge in [-0.05, 0) is 17.7 Å². The van der Waals surface area contributed by atoms with Gasteiger partial charge in [-0.3, -0.25) is 4.21 Å². The van der Waals surface area contributed by atoms with Crippen molar-refractivity contribution in [3.63, 3.8) is 0 Å². The molecule has 1 N–H and O–H groups in total. The summed E-state index contributed by atoms with van der Waals surface area (Å²) in [4.78, 5) is 0. The highest BCUT2D eigenvalue weighted by atomic mass is 35.5. The molecule has 0 aromatic heterocycles. The van der Waals surface area contributed by atoms with Gasteiger partial charge in [0.1, 0.15) is 0 Å². The van der Waals surface area contributed by atoms with Crippen LogP contribution in [0.5, 0.6) is 0 Å². The summed E-state index contributed by atoms with van der Waals surface area (Å²) in [5.74, 6) is 0.661. The Labute approximate surface area is 103 Å². The highest BCUT2D eigenvalue weighted by Crippen LogP contribution is 2.11. The third-order valence-electron chi connectivity index (χ3n) is 1.98. The van der Waals surface area contributed by atoms with E-state index in [0.29, 0.717) is 10.8 Å². The molecule has 1 rings (SSSR count). The van der Waals surface area contributed by atoms with Crippen molar-refractivity contribution in [1.29, 1.82) is 0 Å². The van der Waals surface area contributed by atoms with Gasteiger partial charge in [-0.15, -0.1) is 0 Å². The summed E-state index contributed by atoms with van der Waals surface area (Å²) in [5, 5.41) is 10.1. The molecule has 0 aliphatic heterocycles. The summed E-state index contributed by atoms with van der Waals surface area (Å²) in [5.41, 5.74) is 0.951. The van der Waals surface area contributed by atoms with Crippen molar-refractivity contribution in [2.24, 2.45) is 0 Å². The van der Waals surface area contributed by atoms with Crippen molar-refractivity contribution < 1.29 is 14.1 Å². The Hall–Kier alpha value is -0.420. The zero-order chi connectivity index (χ0) is 12.0. The summed E-state index contributed by atoms with van der Waals surface area (Å²) in [6, 6.07) is 7.20. The molecule has 1 aromatic carbocycles. The molecule has 5 heteroatoms. The monoisotopic (exact) mass is 262 g/mol. The van der Waals surface area contributed by atoms with Crippen LogP contribution in [-0.2, 0) is 21.3 Å². The van der Waals surface area contributed by atoms with E-state index in [9.17, 15) is 9.32 Å². The molecular formula is C11H15ClO3S. The molecule has 2 unspecified atom stereocenters. The molecule has 3 nitrogen and oxygen atoms in total. The molecule has 1 aromatic rings. The van der Waals surface area contributed by atoms with Crippen molar-refractivity contribution in [2.75, 3.05) is 19.5 Å². The molecule has 0 aliphatic rings. The van der Waals surface area contributed by atoms with E-state index in [-0.39, 0.29) is 12.4 Å². The number of ether oxygens (including phenoxy) is 1. The van der Waals surface area contributed by atoms with Gasteiger partial charge in [0.05, 0.1) is 18.5 Å². The van der Waals surface area contributed by atoms with E-state index in [1.54, 1.807) is 12.1 Å². The minimum atomic E-state index is -1.08. The standard InChI is InChI=1S/C11H15ClO3S/c1-15-6-11(13)8-16(14)7-9-2-4-10(12)5-3-9/h2-5,11,13H,6-8H2,1H3. The van der Waals surface area contributed by atoms with Gasteiger partial charge < -0.3 is 9.84 Å². The molecule has 16 heavy (non-hydrogen) atoms. The largest absolute Gasteiger partial charge is 0.390 e. The van der Waals surface area contributed by atoms with Crippen LogP contribution in [0.15, 0.2) is 24.3 Å². The van der Waals surface area contributed by atoms with Crippen LogP contribution in [-0.4, -0.2) is 34.9 Å². The van der Waals surface area contributed by atoms with Gasteiger partial charge in [-0.1, -0.05) is 23.7 Å². The third kappa shape index (κ3) is 5.07. The van der Waals surface area contributed by atoms with E-state index < -0.39 is 16.9 Å². The summed E-state index contributed by atoms with van der Waals surface area (Å²) < 4.78 is 16.4. The Bertz CT molecular complexity index is 340. The first kappa shape index (κ1) is 13.6. The predicted molar refractivity (Wildman–Crippen MR) is 66.0 cm³/mol. The molecular weight excluding hydrogens is 248 g/mol. The first-order valence-corrected chi connectivity index (χ1v) is 6.75. The average Bonchev–Trinajstić information content (AvgIpc) is 2.21. The number of halogens is 1. The Balaban J connectivity index is 2.42. The van der Waals surface area contributed by atoms with E-state index >= 15 is 0 Å². The maximum Gasteiger partial charge on any atom is 0.0888 e. The number of hydrogen-bond donors (Lipinski definition) is 1. The van der Waals surface area contributed by atoms with E-state index in [1.165, 1.54) is 7.11 Å². The average molecular weight is 263 g/mol. The van der Waals surface area contributed by atoms with Crippen molar-refractivity contribution in [3.8, 4) is 0 Å². The first-order valence-electron chi connectivity index (χ1n) is 4.88. The van der Waals surface area contributed by atoms with Gasteiger partial charge in [-0.2, -0.15) is 0 Å². The Morgan fingerprint density at radius 1 is 1.44 bits per heavy atom. The fourth-order valence-electron chi connectivity index (χ4n) is 1.28. The van der Waals surface area contributed by atoms with Crippen LogP contribution in [0.3, 0.4) is 0 Å². The summed E-state index contributed by atoms with van der Waals surface area (Å²) in [6.45, 7) is 0.215. The third-order valence-corrected chi connectivity index (χ3v) is 3.64. The fraction of sp³-hybridized carbons (Fsp3) is 0.455. The second kappa shape index (κ2) is 7.01. The zero-order valence-electron chi connectivity index (χ0n) is 9.06. The summed E-state index contributed by atoms with van der Waals surface area (Å²) in [6.07, 6.45) is -0.668. The lowest BCUT2D eigenvalue weighted by Crippen LogP contribution is -2.22. The number of methoxy groups -OCH3 is 1. The quantitative estimate of drug-likeness (QED) is 0.847. The van der Waals surface area contributed by atoms with Gasteiger partial charge in [0.15, 0.2) is 0 Å². The van der Waals surface area contributed by atoms with Crippen LogP contribution < -0.4 is 0 Å². The van der Waals surface area contributed by atoms with Crippen molar-refractivity contribution in [1.82, 2.24) is 0 Å². The zero-order valence-corrected chi connectivity index (χ0v) is 10.6. The molecule has 0 saturated carbocycles. The molecule has 0 radical (unpaired) electrons. The molecule has 0 fully saturated rings. The maximum absolute atomic E-state index is 11.6. The number of aliphatic hydroxyl groups is 1. The Morgan fingerprint density at radius 3 is 2.62 bits per heavy atom. The van der Waals surface area contributed by atoms with Crippen LogP contribution >= 0.6 is 11.6 Å². The molecule has 0 amide bonds. The minimum Gasteiger partial charge on any atom is -0.390 e. The predicted octanol–water partition coefficient (Wildman–Crippen LogP) is 1.60. The number of rotatable bonds is 6. The lowest BCUT2D eigenvalue weighted by Gasteiger charge is -2.08. The van der Waals surface area contributed by atoms with Crippen molar-refractivity contribution in [2.45, 2.75) is 11.9 Å². The number of aliphatic hydroxyl groups excluding tert-OH is 1. The first-order chi connectivity index (χ1) is 7.61. The normalized spacial score (nSPS) is 14.7. The smallest absolute Gasteiger partial charge is 0.0888 e. The van der Waals surface area contributed by atoms with Gasteiger partial charge in [0, 0.05) is 28.7 Å². The molecule has 0 saturated heterocycles. The molecule has 0 bridgehead atoms. The maximum atomic E-state index is 11.6. The van der Waals surface area contributed by atoms with Crippen LogP contribution in [0, 0.1) is 0 Å². The van der Waals surface area contributed by atoms with E-state index in [1.807, 2.05) is 12.1 Å². The Morgan fingerprint density at radius 2 is 2.06 bits per heavy atom. The van der Waals surface area contributed by atoms with Crippen LogP contribution in [0.25, 0.3) is 0 Å². The van der Waals surface area contributed by atoms with E-state index in [0.717, 1.165) is 5.56 Å². The topological polar surface area (TPSA) is 46.5 Å². The number of benzene rings is 1. The van der Waals surface area contributed by atoms with E-state index in [4.69, 9.17) is 16.3 Å². The lowest BCUT2D eigenvalue weighted by atomic mass is 10.2. The summed E-state index contributed by atoms with van der Waals surface area (Å²) >= 11 is 5.74. The van der Waals surface area contributed by atoms with Crippen LogP contribution in [0.1, 0.15) is 5.56 Å². The molecule has 90 valence electrons. The number of hydrogen-bond acceptors (Lipinski definition) is 3. The second-order valence-corrected chi connectivity index (χ2v) is 5.42. The van der Waals surface area contributed by atoms with Gasteiger partial charge >= 0.3 is 0 Å². The molecule has 2 atom stereocenters. The lowest BCUT2D eigenvalue weighted by molar-refractivity contribution is 0.0788. The SMILES string of the molecule is COCC(O)CS(=O)Cc1ccc(Cl)cc1.